The van der Waals surface area contributed by atoms with Crippen molar-refractivity contribution in [2.24, 2.45) is 5.92 Å². The molecule has 1 fully saturated rings. The van der Waals surface area contributed by atoms with Crippen molar-refractivity contribution in [1.29, 1.82) is 0 Å². The molecule has 1 aromatic rings. The Bertz CT molecular complexity index is 501. The van der Waals surface area contributed by atoms with Crippen molar-refractivity contribution >= 4 is 35.0 Å². The minimum atomic E-state index is 0.175. The third-order valence-electron chi connectivity index (χ3n) is 4.25. The highest BCUT2D eigenvalue weighted by molar-refractivity contribution is 8.00. The fourth-order valence-corrected chi connectivity index (χ4v) is 3.78. The van der Waals surface area contributed by atoms with Gasteiger partial charge in [0.25, 0.3) is 0 Å². The maximum atomic E-state index is 12.3. The Labute approximate surface area is 136 Å². The van der Waals surface area contributed by atoms with Gasteiger partial charge in [-0.25, -0.2) is 0 Å². The number of benzene rings is 1. The molecule has 0 radical (unpaired) electrons. The van der Waals surface area contributed by atoms with Gasteiger partial charge in [0.2, 0.25) is 5.91 Å². The third-order valence-corrected chi connectivity index (χ3v) is 5.56. The highest BCUT2D eigenvalue weighted by atomic mass is 35.5. The van der Waals surface area contributed by atoms with Crippen LogP contribution in [0.4, 0.5) is 5.69 Å². The molecule has 0 atom stereocenters. The van der Waals surface area contributed by atoms with Gasteiger partial charge in [-0.05, 0) is 49.8 Å². The third kappa shape index (κ3) is 4.55. The molecule has 0 saturated heterocycles. The van der Waals surface area contributed by atoms with Gasteiger partial charge in [-0.2, -0.15) is 0 Å². The van der Waals surface area contributed by atoms with Gasteiger partial charge in [0, 0.05) is 28.7 Å². The van der Waals surface area contributed by atoms with Crippen LogP contribution >= 0.6 is 23.4 Å². The Morgan fingerprint density at radius 3 is 2.67 bits per heavy atom. The van der Waals surface area contributed by atoms with E-state index in [0.717, 1.165) is 23.7 Å². The normalized spacial score (nSPS) is 22.0. The smallest absolute Gasteiger partial charge is 0.232 e. The number of nitrogen functional groups attached to an aromatic ring is 1. The van der Waals surface area contributed by atoms with Gasteiger partial charge in [0.15, 0.2) is 0 Å². The van der Waals surface area contributed by atoms with Crippen LogP contribution in [-0.2, 0) is 4.79 Å². The predicted octanol–water partition coefficient (Wildman–Crippen LogP) is 4.05. The summed E-state index contributed by atoms with van der Waals surface area (Å²) in [6, 6.07) is 5.80. The first kappa shape index (κ1) is 16.5. The Morgan fingerprint density at radius 1 is 1.38 bits per heavy atom. The lowest BCUT2D eigenvalue weighted by Crippen LogP contribution is -2.40. The number of carbonyl (C=O) groups excluding carboxylic acids is 1. The van der Waals surface area contributed by atoms with Crippen LogP contribution in [0.15, 0.2) is 23.1 Å². The molecule has 1 saturated carbocycles. The van der Waals surface area contributed by atoms with Gasteiger partial charge in [-0.3, -0.25) is 4.79 Å². The average molecular weight is 327 g/mol. The molecule has 1 aliphatic rings. The van der Waals surface area contributed by atoms with Crippen molar-refractivity contribution in [2.45, 2.75) is 43.5 Å². The number of carbonyl (C=O) groups is 1. The number of anilines is 1. The van der Waals surface area contributed by atoms with Gasteiger partial charge in [0.1, 0.15) is 0 Å². The lowest BCUT2D eigenvalue weighted by molar-refractivity contribution is -0.129. The zero-order valence-electron chi connectivity index (χ0n) is 12.6. The molecule has 1 amide bonds. The van der Waals surface area contributed by atoms with Crippen LogP contribution in [0.1, 0.15) is 32.6 Å². The molecule has 5 heteroatoms. The van der Waals surface area contributed by atoms with Crippen molar-refractivity contribution < 1.29 is 4.79 Å². The van der Waals surface area contributed by atoms with E-state index in [9.17, 15) is 4.79 Å². The molecule has 1 aliphatic carbocycles. The van der Waals surface area contributed by atoms with Crippen LogP contribution in [0.25, 0.3) is 0 Å². The Kier molecular flexibility index (Phi) is 5.82. The first-order valence-corrected chi connectivity index (χ1v) is 8.77. The molecule has 3 nitrogen and oxygen atoms in total. The van der Waals surface area contributed by atoms with Gasteiger partial charge in [0.05, 0.1) is 5.75 Å². The van der Waals surface area contributed by atoms with E-state index in [1.807, 2.05) is 18.0 Å². The van der Waals surface area contributed by atoms with Crippen molar-refractivity contribution in [2.75, 3.05) is 18.5 Å². The number of nitrogens with zero attached hydrogens (tertiary/aromatic N) is 1. The molecule has 1 aromatic carbocycles. The van der Waals surface area contributed by atoms with Crippen molar-refractivity contribution in [3.05, 3.63) is 23.2 Å². The van der Waals surface area contributed by atoms with Crippen molar-refractivity contribution in [3.63, 3.8) is 0 Å². The van der Waals surface area contributed by atoms with Crippen LogP contribution in [0.3, 0.4) is 0 Å². The number of hydrogen-bond donors (Lipinski definition) is 1. The summed E-state index contributed by atoms with van der Waals surface area (Å²) in [6.07, 6.45) is 4.69. The molecular formula is C16H23ClN2OS. The predicted molar refractivity (Wildman–Crippen MR) is 90.8 cm³/mol. The molecule has 21 heavy (non-hydrogen) atoms. The van der Waals surface area contributed by atoms with Crippen molar-refractivity contribution in [3.8, 4) is 0 Å². The molecule has 0 heterocycles. The van der Waals surface area contributed by atoms with E-state index in [1.54, 1.807) is 12.1 Å². The summed E-state index contributed by atoms with van der Waals surface area (Å²) in [5.74, 6) is 1.40. The summed E-state index contributed by atoms with van der Waals surface area (Å²) in [5.41, 5.74) is 6.55. The highest BCUT2D eigenvalue weighted by Gasteiger charge is 2.24. The Morgan fingerprint density at radius 2 is 2.05 bits per heavy atom. The summed E-state index contributed by atoms with van der Waals surface area (Å²) >= 11 is 7.36. The van der Waals surface area contributed by atoms with E-state index in [4.69, 9.17) is 17.3 Å². The maximum absolute atomic E-state index is 12.3. The van der Waals surface area contributed by atoms with Crippen LogP contribution in [0.2, 0.25) is 5.02 Å². The second-order valence-corrected chi connectivity index (χ2v) is 7.34. The number of halogens is 1. The van der Waals surface area contributed by atoms with Gasteiger partial charge in [-0.15, -0.1) is 11.8 Å². The Balaban J connectivity index is 1.86. The molecule has 116 valence electrons. The number of rotatable bonds is 4. The number of nitrogens with two attached hydrogens (primary N) is 1. The van der Waals surface area contributed by atoms with Crippen LogP contribution in [0.5, 0.6) is 0 Å². The van der Waals surface area contributed by atoms with Crippen LogP contribution in [-0.4, -0.2) is 29.6 Å². The van der Waals surface area contributed by atoms with E-state index in [0.29, 0.717) is 22.5 Å². The van der Waals surface area contributed by atoms with E-state index in [-0.39, 0.29) is 5.91 Å². The fourth-order valence-electron chi connectivity index (χ4n) is 2.73. The first-order chi connectivity index (χ1) is 9.97. The molecule has 0 unspecified atom stereocenters. The van der Waals surface area contributed by atoms with Crippen LogP contribution in [0, 0.1) is 5.92 Å². The summed E-state index contributed by atoms with van der Waals surface area (Å²) in [5, 5.41) is 0.622. The van der Waals surface area contributed by atoms with E-state index in [2.05, 4.69) is 6.92 Å². The zero-order chi connectivity index (χ0) is 15.4. The Hall–Kier alpha value is -0.870. The molecule has 2 N–H and O–H groups in total. The van der Waals surface area contributed by atoms with Gasteiger partial charge < -0.3 is 10.6 Å². The standard InChI is InChI=1S/C16H23ClN2OS/c1-11-3-6-13(7-4-11)19(2)16(20)10-21-15-8-5-12(17)9-14(15)18/h5,8-9,11,13H,3-4,6-7,10,18H2,1-2H3. The number of amides is 1. The SMILES string of the molecule is CC1CCC(N(C)C(=O)CSc2ccc(Cl)cc2N)CC1. The molecular weight excluding hydrogens is 304 g/mol. The first-order valence-electron chi connectivity index (χ1n) is 7.41. The second kappa shape index (κ2) is 7.41. The summed E-state index contributed by atoms with van der Waals surface area (Å²) in [4.78, 5) is 15.2. The summed E-state index contributed by atoms with van der Waals surface area (Å²) in [7, 11) is 1.93. The van der Waals surface area contributed by atoms with E-state index >= 15 is 0 Å². The quantitative estimate of drug-likeness (QED) is 0.670. The van der Waals surface area contributed by atoms with Crippen LogP contribution < -0.4 is 5.73 Å². The molecule has 0 aromatic heterocycles. The lowest BCUT2D eigenvalue weighted by atomic mass is 9.87. The highest BCUT2D eigenvalue weighted by Crippen LogP contribution is 2.29. The lowest BCUT2D eigenvalue weighted by Gasteiger charge is -2.33. The van der Waals surface area contributed by atoms with E-state index < -0.39 is 0 Å². The molecule has 0 spiro atoms. The van der Waals surface area contributed by atoms with Gasteiger partial charge in [-0.1, -0.05) is 18.5 Å². The number of hydrogen-bond acceptors (Lipinski definition) is 3. The second-order valence-electron chi connectivity index (χ2n) is 5.89. The van der Waals surface area contributed by atoms with Crippen molar-refractivity contribution in [1.82, 2.24) is 4.90 Å². The summed E-state index contributed by atoms with van der Waals surface area (Å²) < 4.78 is 0. The zero-order valence-corrected chi connectivity index (χ0v) is 14.2. The molecule has 0 bridgehead atoms. The minimum absolute atomic E-state index is 0.175. The van der Waals surface area contributed by atoms with E-state index in [1.165, 1.54) is 24.6 Å². The topological polar surface area (TPSA) is 46.3 Å². The monoisotopic (exact) mass is 326 g/mol. The van der Waals surface area contributed by atoms with Gasteiger partial charge >= 0.3 is 0 Å². The number of thioether (sulfide) groups is 1. The molecule has 2 rings (SSSR count). The maximum Gasteiger partial charge on any atom is 0.232 e. The average Bonchev–Trinajstić information content (AvgIpc) is 2.46. The minimum Gasteiger partial charge on any atom is -0.398 e. The summed E-state index contributed by atoms with van der Waals surface area (Å²) in [6.45, 7) is 2.29. The molecule has 0 aliphatic heterocycles. The fraction of sp³-hybridized carbons (Fsp3) is 0.562. The largest absolute Gasteiger partial charge is 0.398 e.